The third kappa shape index (κ3) is 3.11. The maximum atomic E-state index is 6.48. The van der Waals surface area contributed by atoms with Gasteiger partial charge in [0.2, 0.25) is 5.88 Å². The Kier molecular flexibility index (Phi) is 4.54. The summed E-state index contributed by atoms with van der Waals surface area (Å²) in [7, 11) is 6.01. The Hall–Kier alpha value is -3.72. The molecular weight excluding hydrogens is 428 g/mol. The lowest BCUT2D eigenvalue weighted by Crippen LogP contribution is -2.31. The maximum absolute atomic E-state index is 6.48. The minimum absolute atomic E-state index is 0.0523. The summed E-state index contributed by atoms with van der Waals surface area (Å²) in [5.74, 6) is 0.727. The molecule has 4 aromatic heterocycles. The van der Waals surface area contributed by atoms with E-state index in [1.165, 1.54) is 0 Å². The number of rotatable bonds is 0. The van der Waals surface area contributed by atoms with Crippen molar-refractivity contribution in [3.63, 3.8) is 0 Å². The number of fused-ring (bicyclic) bond motifs is 5. The highest BCUT2D eigenvalue weighted by Gasteiger charge is 2.24. The highest BCUT2D eigenvalue weighted by molar-refractivity contribution is 5.98. The highest BCUT2D eigenvalue weighted by Crippen LogP contribution is 2.37. The number of pyridine rings is 1. The normalized spacial score (nSPS) is 16.7. The summed E-state index contributed by atoms with van der Waals surface area (Å²) in [4.78, 5) is 7.16. The van der Waals surface area contributed by atoms with Crippen molar-refractivity contribution in [2.75, 3.05) is 13.6 Å². The van der Waals surface area contributed by atoms with E-state index in [0.717, 1.165) is 80.4 Å². The van der Waals surface area contributed by atoms with Crippen LogP contribution < -0.4 is 4.74 Å². The lowest BCUT2D eigenvalue weighted by atomic mass is 10.0. The van der Waals surface area contributed by atoms with Crippen molar-refractivity contribution >= 4 is 21.8 Å². The summed E-state index contributed by atoms with van der Waals surface area (Å²) in [6.07, 6.45) is -0.0523. The van der Waals surface area contributed by atoms with Gasteiger partial charge in [0.1, 0.15) is 11.8 Å². The number of H-pyrrole nitrogens is 1. The third-order valence-electron chi connectivity index (χ3n) is 6.66. The van der Waals surface area contributed by atoms with Crippen LogP contribution >= 0.6 is 0 Å². The Labute approximate surface area is 197 Å². The number of aromatic amines is 1. The standard InChI is InChI=1S/C25H28N8O/c1-13-11-31(4)12-20-17-9-16(7-8-21(17)32(5)30-20)24-18-10-19(26-15(3)23(18)27-28-24)22-14(2)29-33(6)25(22)34-13/h7-10,13H,11-12H2,1-6H3,(H,27,28)/t13-/m0/s1. The summed E-state index contributed by atoms with van der Waals surface area (Å²) < 4.78 is 10.2. The van der Waals surface area contributed by atoms with Crippen molar-refractivity contribution in [1.82, 2.24) is 39.6 Å². The number of ether oxygens (including phenoxy) is 1. The molecule has 1 aromatic carbocycles. The molecule has 0 spiro atoms. The first kappa shape index (κ1) is 20.9. The van der Waals surface area contributed by atoms with E-state index in [-0.39, 0.29) is 6.10 Å². The van der Waals surface area contributed by atoms with Gasteiger partial charge in [-0.3, -0.25) is 19.7 Å². The van der Waals surface area contributed by atoms with Crippen molar-refractivity contribution in [2.45, 2.75) is 33.4 Å². The third-order valence-corrected chi connectivity index (χ3v) is 6.66. The number of likely N-dealkylation sites (N-methyl/N-ethyl adjacent to an activating group) is 1. The Balaban J connectivity index is 1.66. The van der Waals surface area contributed by atoms with E-state index >= 15 is 0 Å². The topological polar surface area (TPSA) is 89.7 Å². The fourth-order valence-electron chi connectivity index (χ4n) is 5.18. The zero-order chi connectivity index (χ0) is 23.7. The molecule has 0 unspecified atom stereocenters. The first-order chi connectivity index (χ1) is 16.3. The summed E-state index contributed by atoms with van der Waals surface area (Å²) in [5, 5.41) is 19.6. The smallest absolute Gasteiger partial charge is 0.221 e. The SMILES string of the molecule is Cc1nn(C)c2c1-c1cc3c(n[nH]c3c(C)n1)-c1ccc3c(c1)c(nn3C)CN(C)C[C@H](C)O2. The minimum atomic E-state index is -0.0523. The highest BCUT2D eigenvalue weighted by atomic mass is 16.5. The van der Waals surface area contributed by atoms with Gasteiger partial charge in [-0.1, -0.05) is 6.07 Å². The maximum Gasteiger partial charge on any atom is 0.221 e. The molecule has 0 saturated carbocycles. The zero-order valence-corrected chi connectivity index (χ0v) is 20.3. The number of hydrogen-bond acceptors (Lipinski definition) is 6. The van der Waals surface area contributed by atoms with Gasteiger partial charge in [-0.25, -0.2) is 4.68 Å². The second-order valence-corrected chi connectivity index (χ2v) is 9.40. The molecule has 9 heteroatoms. The largest absolute Gasteiger partial charge is 0.473 e. The fraction of sp³-hybridized carbons (Fsp3) is 0.360. The predicted molar refractivity (Wildman–Crippen MR) is 132 cm³/mol. The van der Waals surface area contributed by atoms with Gasteiger partial charge in [-0.05, 0) is 46.0 Å². The zero-order valence-electron chi connectivity index (χ0n) is 20.3. The Bertz CT molecular complexity index is 1570. The molecule has 9 nitrogen and oxygen atoms in total. The van der Waals surface area contributed by atoms with Gasteiger partial charge in [0.25, 0.3) is 0 Å². The Morgan fingerprint density at radius 2 is 1.82 bits per heavy atom. The molecule has 0 fully saturated rings. The summed E-state index contributed by atoms with van der Waals surface area (Å²) in [6.45, 7) is 7.56. The van der Waals surface area contributed by atoms with Crippen molar-refractivity contribution in [2.24, 2.45) is 14.1 Å². The number of hydrogen-bond donors (Lipinski definition) is 1. The van der Waals surface area contributed by atoms with Gasteiger partial charge in [0.05, 0.1) is 39.4 Å². The fourth-order valence-corrected chi connectivity index (χ4v) is 5.18. The van der Waals surface area contributed by atoms with E-state index in [1.54, 1.807) is 0 Å². The van der Waals surface area contributed by atoms with E-state index in [2.05, 4.69) is 53.3 Å². The number of aromatic nitrogens is 7. The predicted octanol–water partition coefficient (Wildman–Crippen LogP) is 3.74. The van der Waals surface area contributed by atoms with Crippen molar-refractivity contribution in [1.29, 1.82) is 0 Å². The molecule has 1 aliphatic heterocycles. The van der Waals surface area contributed by atoms with Crippen LogP contribution in [-0.2, 0) is 20.6 Å². The second-order valence-electron chi connectivity index (χ2n) is 9.40. The first-order valence-corrected chi connectivity index (χ1v) is 11.5. The summed E-state index contributed by atoms with van der Waals surface area (Å²) >= 11 is 0. The molecule has 5 aromatic rings. The van der Waals surface area contributed by atoms with E-state index < -0.39 is 0 Å². The average Bonchev–Trinajstić information content (AvgIpc) is 3.41. The molecule has 174 valence electrons. The van der Waals surface area contributed by atoms with Crippen LogP contribution in [0.1, 0.15) is 24.0 Å². The molecule has 0 aliphatic carbocycles. The Morgan fingerprint density at radius 3 is 2.65 bits per heavy atom. The lowest BCUT2D eigenvalue weighted by Gasteiger charge is -2.22. The molecule has 1 N–H and O–H groups in total. The van der Waals surface area contributed by atoms with Gasteiger partial charge >= 0.3 is 0 Å². The molecule has 4 bridgehead atoms. The molecule has 5 heterocycles. The van der Waals surface area contributed by atoms with Crippen LogP contribution in [0.25, 0.3) is 44.3 Å². The summed E-state index contributed by atoms with van der Waals surface area (Å²) in [5.41, 5.74) is 8.57. The first-order valence-electron chi connectivity index (χ1n) is 11.5. The van der Waals surface area contributed by atoms with Crippen molar-refractivity contribution in [3.05, 3.63) is 41.3 Å². The molecule has 34 heavy (non-hydrogen) atoms. The quantitative estimate of drug-likeness (QED) is 0.382. The van der Waals surface area contributed by atoms with E-state index in [9.17, 15) is 0 Å². The van der Waals surface area contributed by atoms with Crippen molar-refractivity contribution in [3.8, 4) is 28.4 Å². The van der Waals surface area contributed by atoms with Crippen LogP contribution in [0, 0.1) is 13.8 Å². The van der Waals surface area contributed by atoms with Crippen LogP contribution in [-0.4, -0.2) is 59.3 Å². The minimum Gasteiger partial charge on any atom is -0.473 e. The number of benzene rings is 1. The van der Waals surface area contributed by atoms with Crippen molar-refractivity contribution < 1.29 is 4.74 Å². The molecule has 0 saturated heterocycles. The molecule has 0 radical (unpaired) electrons. The van der Waals surface area contributed by atoms with Gasteiger partial charge in [0.15, 0.2) is 0 Å². The van der Waals surface area contributed by atoms with Crippen LogP contribution in [0.3, 0.4) is 0 Å². The molecule has 1 aliphatic rings. The van der Waals surface area contributed by atoms with Gasteiger partial charge in [-0.2, -0.15) is 15.3 Å². The molecule has 6 rings (SSSR count). The van der Waals surface area contributed by atoms with Gasteiger partial charge < -0.3 is 4.74 Å². The number of nitrogens with one attached hydrogen (secondary N) is 1. The second kappa shape index (κ2) is 7.39. The molecule has 1 atom stereocenters. The molecule has 0 amide bonds. The van der Waals surface area contributed by atoms with E-state index in [1.807, 2.05) is 37.3 Å². The van der Waals surface area contributed by atoms with E-state index in [0.29, 0.717) is 0 Å². The number of nitrogens with zero attached hydrogens (tertiary/aromatic N) is 7. The van der Waals surface area contributed by atoms with Gasteiger partial charge in [-0.15, -0.1) is 0 Å². The monoisotopic (exact) mass is 456 g/mol. The lowest BCUT2D eigenvalue weighted by molar-refractivity contribution is 0.148. The van der Waals surface area contributed by atoms with Crippen LogP contribution in [0.2, 0.25) is 0 Å². The average molecular weight is 457 g/mol. The summed E-state index contributed by atoms with van der Waals surface area (Å²) in [6, 6.07) is 8.55. The van der Waals surface area contributed by atoms with Crippen LogP contribution in [0.15, 0.2) is 24.3 Å². The van der Waals surface area contributed by atoms with Crippen LogP contribution in [0.5, 0.6) is 5.88 Å². The van der Waals surface area contributed by atoms with E-state index in [4.69, 9.17) is 19.9 Å². The number of aryl methyl sites for hydroxylation is 4. The molecular formula is C25H28N8O. The van der Waals surface area contributed by atoms with Gasteiger partial charge in [0, 0.05) is 43.5 Å². The van der Waals surface area contributed by atoms with Crippen LogP contribution in [0.4, 0.5) is 0 Å². The Morgan fingerprint density at radius 1 is 1.00 bits per heavy atom.